The topological polar surface area (TPSA) is 27.1 Å². The van der Waals surface area contributed by atoms with Crippen molar-refractivity contribution in [2.45, 2.75) is 65.7 Å². The Morgan fingerprint density at radius 2 is 1.16 bits per heavy atom. The molecular formula is C58H53N4O+. The number of quaternary nitrogens is 2. The summed E-state index contributed by atoms with van der Waals surface area (Å²) in [5, 5.41) is 2.36. The van der Waals surface area contributed by atoms with Crippen LogP contribution in [-0.2, 0) is 5.41 Å². The van der Waals surface area contributed by atoms with Gasteiger partial charge in [-0.15, -0.1) is 0 Å². The zero-order valence-corrected chi connectivity index (χ0v) is 37.2. The number of hydrogen-bond donors (Lipinski definition) is 0. The minimum Gasteiger partial charge on any atom is -0.457 e. The van der Waals surface area contributed by atoms with E-state index in [2.05, 4.69) is 230 Å². The molecule has 4 heterocycles. The van der Waals surface area contributed by atoms with Crippen molar-refractivity contribution in [3.8, 4) is 39.6 Å². The van der Waals surface area contributed by atoms with E-state index in [1.165, 1.54) is 66.8 Å². The van der Waals surface area contributed by atoms with Crippen molar-refractivity contribution in [2.75, 3.05) is 0 Å². The number of aromatic nitrogens is 2. The van der Waals surface area contributed by atoms with Crippen molar-refractivity contribution in [3.05, 3.63) is 199 Å². The van der Waals surface area contributed by atoms with E-state index in [4.69, 9.17) is 9.72 Å². The summed E-state index contributed by atoms with van der Waals surface area (Å²) in [7, 11) is 0. The lowest BCUT2D eigenvalue weighted by molar-refractivity contribution is 0.424. The summed E-state index contributed by atoms with van der Waals surface area (Å²) in [4.78, 5) is 4.90. The van der Waals surface area contributed by atoms with E-state index in [1.807, 2.05) is 6.20 Å². The predicted octanol–water partition coefficient (Wildman–Crippen LogP) is 16.2. The molecule has 0 spiro atoms. The summed E-state index contributed by atoms with van der Waals surface area (Å²) >= 11 is 0. The maximum Gasteiger partial charge on any atom is 0.225 e. The van der Waals surface area contributed by atoms with Gasteiger partial charge in [0, 0.05) is 59.4 Å². The number of para-hydroxylation sites is 3. The number of pyridine rings is 1. The lowest BCUT2D eigenvalue weighted by Crippen LogP contribution is -2.46. The Morgan fingerprint density at radius 3 is 1.89 bits per heavy atom. The fourth-order valence-electron chi connectivity index (χ4n) is 10.3. The Hall–Kier alpha value is -6.79. The highest BCUT2D eigenvalue weighted by Crippen LogP contribution is 2.75. The Labute approximate surface area is 371 Å². The summed E-state index contributed by atoms with van der Waals surface area (Å²) in [5.41, 5.74) is 16.2. The van der Waals surface area contributed by atoms with Gasteiger partial charge in [-0.2, -0.15) is 9.18 Å². The highest BCUT2D eigenvalue weighted by Gasteiger charge is 2.78. The fourth-order valence-corrected chi connectivity index (χ4v) is 10.3. The van der Waals surface area contributed by atoms with Gasteiger partial charge in [-0.3, -0.25) is 4.57 Å². The molecule has 1 saturated heterocycles. The summed E-state index contributed by atoms with van der Waals surface area (Å²) in [5.74, 6) is 3.23. The van der Waals surface area contributed by atoms with Gasteiger partial charge in [0.2, 0.25) is 11.4 Å². The molecule has 0 bridgehead atoms. The van der Waals surface area contributed by atoms with E-state index < -0.39 is 0 Å². The lowest BCUT2D eigenvalue weighted by atomic mass is 9.84. The molecule has 5 heteroatoms. The summed E-state index contributed by atoms with van der Waals surface area (Å²) < 4.78 is 10.3. The second kappa shape index (κ2) is 14.4. The molecule has 5 nitrogen and oxygen atoms in total. The molecule has 2 aliphatic heterocycles. The molecule has 0 aliphatic carbocycles. The number of rotatable bonds is 9. The van der Waals surface area contributed by atoms with E-state index in [0.717, 1.165) is 34.0 Å². The summed E-state index contributed by atoms with van der Waals surface area (Å²) in [6.07, 6.45) is 1.93. The standard InChI is InChI=1S/C58H53N4O/c1-38(2)48-22-16-23-49(39(3)4)57(48)42-31-41(40-17-9-8-10-18-40)32-45(33-42)62-37-61(62,54-25-13-14-26-55(54)62)44-19-15-20-46(35-44)63-47-27-28-51-50-21-11-12-24-52(50)60(53(51)36-47)56-34-43(29-30-59-56)58(5,6)7/h8-39H,1-7H3/q+1/t61?,62-/m0/s1. The number of fused-ring (bicyclic) bond motifs is 7. The van der Waals surface area contributed by atoms with Crippen LogP contribution in [0, 0.1) is 6.67 Å². The predicted molar refractivity (Wildman–Crippen MR) is 263 cm³/mol. The van der Waals surface area contributed by atoms with Crippen LogP contribution < -0.4 is 13.9 Å². The molecule has 0 N–H and O–H groups in total. The third-order valence-electron chi connectivity index (χ3n) is 13.4. The van der Waals surface area contributed by atoms with Crippen molar-refractivity contribution < 1.29 is 4.74 Å². The molecule has 7 aromatic carbocycles. The molecule has 2 aromatic heterocycles. The van der Waals surface area contributed by atoms with Crippen molar-refractivity contribution in [3.63, 3.8) is 0 Å². The van der Waals surface area contributed by atoms with Crippen molar-refractivity contribution in [2.24, 2.45) is 0 Å². The second-order valence-corrected chi connectivity index (χ2v) is 19.0. The van der Waals surface area contributed by atoms with Gasteiger partial charge in [0.15, 0.2) is 18.0 Å². The molecular weight excluding hydrogens is 769 g/mol. The second-order valence-electron chi connectivity index (χ2n) is 19.0. The maximum atomic E-state index is 6.86. The lowest BCUT2D eigenvalue weighted by Gasteiger charge is -2.40. The number of ether oxygens (including phenoxy) is 1. The van der Waals surface area contributed by atoms with Gasteiger partial charge in [0.25, 0.3) is 0 Å². The first kappa shape index (κ1) is 39.1. The van der Waals surface area contributed by atoms with Crippen LogP contribution in [0.5, 0.6) is 11.5 Å². The smallest absolute Gasteiger partial charge is 0.225 e. The molecule has 63 heavy (non-hydrogen) atoms. The van der Waals surface area contributed by atoms with Gasteiger partial charge in [-0.05, 0) is 98.7 Å². The van der Waals surface area contributed by atoms with Crippen LogP contribution >= 0.6 is 0 Å². The molecule has 1 fully saturated rings. The fraction of sp³-hybridized carbons (Fsp3) is 0.172. The zero-order valence-electron chi connectivity index (χ0n) is 37.2. The SMILES string of the molecule is CC(C)c1cccc(C(C)C)c1-c1cc(-c2ccccc2)cc([N@+]23[CH-][N+]2(c2cccc(Oc4ccc5c6ccccc6n(-c6cc(C(C)(C)C)ccn6)c5c4)c2)c2ccccc23)c1. The first-order valence-corrected chi connectivity index (χ1v) is 22.4. The highest BCUT2D eigenvalue weighted by atomic mass is 16.5. The van der Waals surface area contributed by atoms with Gasteiger partial charge in [0.1, 0.15) is 17.3 Å². The van der Waals surface area contributed by atoms with Gasteiger partial charge < -0.3 is 4.74 Å². The molecule has 0 saturated carbocycles. The van der Waals surface area contributed by atoms with Crippen molar-refractivity contribution in [1.29, 1.82) is 0 Å². The minimum absolute atomic E-state index is 0.00650. The van der Waals surface area contributed by atoms with Crippen LogP contribution in [0.1, 0.15) is 77.0 Å². The first-order valence-electron chi connectivity index (χ1n) is 22.4. The largest absolute Gasteiger partial charge is 0.457 e. The number of hydrogen-bond acceptors (Lipinski definition) is 2. The van der Waals surface area contributed by atoms with E-state index in [1.54, 1.807) is 0 Å². The quantitative estimate of drug-likeness (QED) is 0.0824. The van der Waals surface area contributed by atoms with E-state index in [0.29, 0.717) is 21.0 Å². The van der Waals surface area contributed by atoms with Crippen LogP contribution in [0.15, 0.2) is 176 Å². The average molecular weight is 822 g/mol. The number of benzene rings is 7. The van der Waals surface area contributed by atoms with Gasteiger partial charge in [0.05, 0.1) is 11.0 Å². The molecule has 310 valence electrons. The Bertz CT molecular complexity index is 3220. The maximum absolute atomic E-state index is 6.86. The molecule has 0 radical (unpaired) electrons. The van der Waals surface area contributed by atoms with Gasteiger partial charge in [-0.25, -0.2) is 4.98 Å². The molecule has 1 unspecified atom stereocenters. The molecule has 0 amide bonds. The minimum atomic E-state index is -0.00650. The van der Waals surface area contributed by atoms with Crippen LogP contribution in [0.25, 0.3) is 49.9 Å². The average Bonchev–Trinajstić information content (AvgIpc) is 3.79. The van der Waals surface area contributed by atoms with Crippen LogP contribution in [0.3, 0.4) is 0 Å². The Kier molecular flexibility index (Phi) is 8.92. The van der Waals surface area contributed by atoms with Crippen molar-refractivity contribution in [1.82, 2.24) is 18.7 Å². The van der Waals surface area contributed by atoms with E-state index >= 15 is 0 Å². The Balaban J connectivity index is 1.03. The van der Waals surface area contributed by atoms with Gasteiger partial charge >= 0.3 is 0 Å². The summed E-state index contributed by atoms with van der Waals surface area (Å²) in [6.45, 7) is 18.5. The summed E-state index contributed by atoms with van der Waals surface area (Å²) in [6, 6.07) is 62.0. The molecule has 2 atom stereocenters. The third-order valence-corrected chi connectivity index (χ3v) is 13.4. The highest BCUT2D eigenvalue weighted by molar-refractivity contribution is 6.09. The molecule has 11 rings (SSSR count). The number of nitrogens with zero attached hydrogens (tertiary/aromatic N) is 4. The van der Waals surface area contributed by atoms with Crippen molar-refractivity contribution >= 4 is 44.6 Å². The van der Waals surface area contributed by atoms with E-state index in [9.17, 15) is 0 Å². The zero-order chi connectivity index (χ0) is 43.3. The first-order chi connectivity index (χ1) is 30.5. The Morgan fingerprint density at radius 1 is 0.524 bits per heavy atom. The molecule has 9 aromatic rings. The third kappa shape index (κ3) is 6.01. The van der Waals surface area contributed by atoms with Crippen LogP contribution in [-0.4, -0.2) is 9.55 Å². The van der Waals surface area contributed by atoms with Gasteiger partial charge in [-0.1, -0.05) is 133 Å². The molecule has 2 aliphatic rings. The van der Waals surface area contributed by atoms with E-state index in [-0.39, 0.29) is 5.41 Å². The van der Waals surface area contributed by atoms with Crippen LogP contribution in [0.2, 0.25) is 0 Å². The monoisotopic (exact) mass is 821 g/mol. The van der Waals surface area contributed by atoms with Crippen LogP contribution in [0.4, 0.5) is 22.7 Å². The normalized spacial score (nSPS) is 17.8.